The van der Waals surface area contributed by atoms with Gasteiger partial charge in [0.15, 0.2) is 0 Å². The molecule has 0 spiro atoms. The van der Waals surface area contributed by atoms with Crippen molar-refractivity contribution in [1.82, 2.24) is 4.90 Å². The summed E-state index contributed by atoms with van der Waals surface area (Å²) >= 11 is 0. The number of benzene rings is 1. The van der Waals surface area contributed by atoms with Crippen LogP contribution < -0.4 is 5.32 Å². The van der Waals surface area contributed by atoms with Crippen LogP contribution >= 0.6 is 0 Å². The summed E-state index contributed by atoms with van der Waals surface area (Å²) in [6, 6.07) is 7.03. The van der Waals surface area contributed by atoms with Crippen molar-refractivity contribution in [2.75, 3.05) is 18.9 Å². The van der Waals surface area contributed by atoms with E-state index in [9.17, 15) is 14.4 Å². The molecule has 0 saturated carbocycles. The molecular formula is C14H18N2O4. The lowest BCUT2D eigenvalue weighted by Crippen LogP contribution is -2.33. The van der Waals surface area contributed by atoms with Crippen molar-refractivity contribution in [2.24, 2.45) is 0 Å². The van der Waals surface area contributed by atoms with E-state index >= 15 is 0 Å². The normalized spacial score (nSPS) is 9.90. The van der Waals surface area contributed by atoms with Crippen molar-refractivity contribution >= 4 is 23.5 Å². The van der Waals surface area contributed by atoms with Gasteiger partial charge in [0.25, 0.3) is 0 Å². The number of carboxylic acid groups (broad SMARTS) is 1. The number of aliphatic carboxylic acids is 1. The average Bonchev–Trinajstić information content (AvgIpc) is 2.37. The summed E-state index contributed by atoms with van der Waals surface area (Å²) in [7, 11) is 1.54. The Hall–Kier alpha value is -2.37. The zero-order valence-electron chi connectivity index (χ0n) is 11.5. The standard InChI is InChI=1S/C14H18N2O4/c1-10(17)16(2)9-13(18)15-12-6-4-3-5-11(12)7-8-14(19)20/h3-6H,7-9H2,1-2H3,(H,15,18)(H,19,20). The molecule has 108 valence electrons. The fourth-order valence-electron chi connectivity index (χ4n) is 1.62. The van der Waals surface area contributed by atoms with E-state index in [1.165, 1.54) is 18.9 Å². The van der Waals surface area contributed by atoms with Gasteiger partial charge in [-0.2, -0.15) is 0 Å². The molecule has 0 unspecified atom stereocenters. The van der Waals surface area contributed by atoms with Crippen LogP contribution in [0.2, 0.25) is 0 Å². The van der Waals surface area contributed by atoms with Crippen LogP contribution in [0.3, 0.4) is 0 Å². The van der Waals surface area contributed by atoms with E-state index in [0.29, 0.717) is 12.1 Å². The predicted octanol–water partition coefficient (Wildman–Crippen LogP) is 1.12. The molecule has 0 aliphatic carbocycles. The van der Waals surface area contributed by atoms with Gasteiger partial charge >= 0.3 is 5.97 Å². The van der Waals surface area contributed by atoms with Crippen LogP contribution in [0.25, 0.3) is 0 Å². The first-order valence-electron chi connectivity index (χ1n) is 6.21. The maximum absolute atomic E-state index is 11.8. The van der Waals surface area contributed by atoms with Gasteiger partial charge in [-0.3, -0.25) is 14.4 Å². The van der Waals surface area contributed by atoms with Crippen molar-refractivity contribution in [1.29, 1.82) is 0 Å². The molecule has 0 aliphatic heterocycles. The third kappa shape index (κ3) is 5.09. The number of carbonyl (C=O) groups excluding carboxylic acids is 2. The Morgan fingerprint density at radius 2 is 1.90 bits per heavy atom. The van der Waals surface area contributed by atoms with Gasteiger partial charge in [-0.05, 0) is 18.1 Å². The molecule has 0 fully saturated rings. The molecule has 2 amide bonds. The van der Waals surface area contributed by atoms with Gasteiger partial charge in [0.05, 0.1) is 6.54 Å². The number of likely N-dealkylation sites (N-methyl/N-ethyl adjacent to an activating group) is 1. The van der Waals surface area contributed by atoms with E-state index in [2.05, 4.69) is 5.32 Å². The summed E-state index contributed by atoms with van der Waals surface area (Å²) in [6.07, 6.45) is 0.342. The summed E-state index contributed by atoms with van der Waals surface area (Å²) in [6.45, 7) is 1.34. The zero-order valence-corrected chi connectivity index (χ0v) is 11.5. The number of nitrogens with zero attached hydrogens (tertiary/aromatic N) is 1. The third-order valence-corrected chi connectivity index (χ3v) is 2.82. The summed E-state index contributed by atoms with van der Waals surface area (Å²) in [4.78, 5) is 34.7. The maximum atomic E-state index is 11.8. The van der Waals surface area contributed by atoms with E-state index in [-0.39, 0.29) is 24.8 Å². The van der Waals surface area contributed by atoms with Crippen LogP contribution in [0, 0.1) is 0 Å². The summed E-state index contributed by atoms with van der Waals surface area (Å²) < 4.78 is 0. The highest BCUT2D eigenvalue weighted by molar-refractivity contribution is 5.94. The van der Waals surface area contributed by atoms with Crippen LogP contribution in [-0.2, 0) is 20.8 Å². The van der Waals surface area contributed by atoms with E-state index in [4.69, 9.17) is 5.11 Å². The number of hydrogen-bond acceptors (Lipinski definition) is 3. The molecular weight excluding hydrogens is 260 g/mol. The molecule has 1 aromatic rings. The van der Waals surface area contributed by atoms with Crippen molar-refractivity contribution < 1.29 is 19.5 Å². The third-order valence-electron chi connectivity index (χ3n) is 2.82. The molecule has 0 radical (unpaired) electrons. The molecule has 0 aromatic heterocycles. The first kappa shape index (κ1) is 15.7. The second-order valence-corrected chi connectivity index (χ2v) is 4.47. The maximum Gasteiger partial charge on any atom is 0.303 e. The molecule has 1 aromatic carbocycles. The number of nitrogens with one attached hydrogen (secondary N) is 1. The Labute approximate surface area is 117 Å². The Balaban J connectivity index is 2.69. The van der Waals surface area contributed by atoms with Gasteiger partial charge in [0.2, 0.25) is 11.8 Å². The minimum absolute atomic E-state index is 0.000231. The lowest BCUT2D eigenvalue weighted by atomic mass is 10.1. The lowest BCUT2D eigenvalue weighted by Gasteiger charge is -2.15. The molecule has 0 saturated heterocycles. The largest absolute Gasteiger partial charge is 0.481 e. The topological polar surface area (TPSA) is 86.7 Å². The smallest absolute Gasteiger partial charge is 0.303 e. The number of carboxylic acids is 1. The number of amides is 2. The quantitative estimate of drug-likeness (QED) is 0.816. The molecule has 6 nitrogen and oxygen atoms in total. The highest BCUT2D eigenvalue weighted by Crippen LogP contribution is 2.16. The Bertz CT molecular complexity index is 514. The van der Waals surface area contributed by atoms with Gasteiger partial charge in [-0.15, -0.1) is 0 Å². The van der Waals surface area contributed by atoms with Crippen LogP contribution in [-0.4, -0.2) is 41.4 Å². The number of para-hydroxylation sites is 1. The van der Waals surface area contributed by atoms with Crippen molar-refractivity contribution in [2.45, 2.75) is 19.8 Å². The number of carbonyl (C=O) groups is 3. The second-order valence-electron chi connectivity index (χ2n) is 4.47. The molecule has 20 heavy (non-hydrogen) atoms. The number of aryl methyl sites for hydroxylation is 1. The van der Waals surface area contributed by atoms with Gasteiger partial charge in [0, 0.05) is 26.1 Å². The SMILES string of the molecule is CC(=O)N(C)CC(=O)Nc1ccccc1CCC(=O)O. The highest BCUT2D eigenvalue weighted by Gasteiger charge is 2.11. The van der Waals surface area contributed by atoms with Crippen molar-refractivity contribution in [3.8, 4) is 0 Å². The summed E-state index contributed by atoms with van der Waals surface area (Å²) in [5.74, 6) is -1.40. The summed E-state index contributed by atoms with van der Waals surface area (Å²) in [5, 5.41) is 11.4. The van der Waals surface area contributed by atoms with Crippen LogP contribution in [0.5, 0.6) is 0 Å². The van der Waals surface area contributed by atoms with Crippen LogP contribution in [0.15, 0.2) is 24.3 Å². The minimum Gasteiger partial charge on any atom is -0.481 e. The number of rotatable bonds is 6. The fourth-order valence-corrected chi connectivity index (χ4v) is 1.62. The molecule has 0 atom stereocenters. The molecule has 2 N–H and O–H groups in total. The van der Waals surface area contributed by atoms with Gasteiger partial charge in [-0.1, -0.05) is 18.2 Å². The molecule has 0 aliphatic rings. The first-order chi connectivity index (χ1) is 9.40. The Kier molecular flexibility index (Phi) is 5.71. The van der Waals surface area contributed by atoms with E-state index in [1.807, 2.05) is 0 Å². The highest BCUT2D eigenvalue weighted by atomic mass is 16.4. The van der Waals surface area contributed by atoms with Gasteiger partial charge in [0.1, 0.15) is 0 Å². The first-order valence-corrected chi connectivity index (χ1v) is 6.21. The summed E-state index contributed by atoms with van der Waals surface area (Å²) in [5.41, 5.74) is 1.34. The lowest BCUT2D eigenvalue weighted by molar-refractivity contribution is -0.137. The van der Waals surface area contributed by atoms with Gasteiger partial charge in [-0.25, -0.2) is 0 Å². The minimum atomic E-state index is -0.887. The van der Waals surface area contributed by atoms with E-state index in [1.54, 1.807) is 24.3 Å². The van der Waals surface area contributed by atoms with Crippen LogP contribution in [0.4, 0.5) is 5.69 Å². The average molecular weight is 278 g/mol. The molecule has 1 rings (SSSR count). The fraction of sp³-hybridized carbons (Fsp3) is 0.357. The molecule has 6 heteroatoms. The van der Waals surface area contributed by atoms with Gasteiger partial charge < -0.3 is 15.3 Å². The van der Waals surface area contributed by atoms with E-state index < -0.39 is 5.97 Å². The van der Waals surface area contributed by atoms with Crippen molar-refractivity contribution in [3.63, 3.8) is 0 Å². The Morgan fingerprint density at radius 3 is 2.50 bits per heavy atom. The number of hydrogen-bond donors (Lipinski definition) is 2. The van der Waals surface area contributed by atoms with E-state index in [0.717, 1.165) is 5.56 Å². The van der Waals surface area contributed by atoms with Crippen LogP contribution in [0.1, 0.15) is 18.9 Å². The monoisotopic (exact) mass is 278 g/mol. The Morgan fingerprint density at radius 1 is 1.25 bits per heavy atom. The zero-order chi connectivity index (χ0) is 15.1. The number of anilines is 1. The second kappa shape index (κ2) is 7.28. The molecule has 0 bridgehead atoms. The molecule has 0 heterocycles. The van der Waals surface area contributed by atoms with Crippen molar-refractivity contribution in [3.05, 3.63) is 29.8 Å². The predicted molar refractivity (Wildman–Crippen MR) is 74.3 cm³/mol.